The number of aromatic nitrogens is 1. The zero-order valence-corrected chi connectivity index (χ0v) is 10.1. The van der Waals surface area contributed by atoms with E-state index in [2.05, 4.69) is 10.3 Å². The summed E-state index contributed by atoms with van der Waals surface area (Å²) in [6.07, 6.45) is 5.70. The van der Waals surface area contributed by atoms with Crippen LogP contribution in [0.2, 0.25) is 0 Å². The molecule has 1 heterocycles. The van der Waals surface area contributed by atoms with Gasteiger partial charge < -0.3 is 10.4 Å². The topological polar surface area (TPSA) is 79.3 Å². The third-order valence-electron chi connectivity index (χ3n) is 3.24. The highest BCUT2D eigenvalue weighted by Crippen LogP contribution is 2.24. The number of carboxylic acid groups (broad SMARTS) is 1. The molecule has 0 radical (unpaired) electrons. The van der Waals surface area contributed by atoms with Crippen LogP contribution in [0, 0.1) is 5.92 Å². The van der Waals surface area contributed by atoms with Gasteiger partial charge in [-0.2, -0.15) is 0 Å². The SMILES string of the molecule is O=C(O)c1ccc(CNC(=O)C2CCCC2)cn1. The standard InChI is InChI=1S/C13H16N2O3/c16-12(10-3-1-2-4-10)15-8-9-5-6-11(13(17)18)14-7-9/h5-7,10H,1-4,8H2,(H,15,16)(H,17,18). The molecule has 0 unspecified atom stereocenters. The van der Waals surface area contributed by atoms with Crippen LogP contribution in [-0.4, -0.2) is 22.0 Å². The number of rotatable bonds is 4. The number of nitrogens with zero attached hydrogens (tertiary/aromatic N) is 1. The predicted molar refractivity (Wildman–Crippen MR) is 65.0 cm³/mol. The Balaban J connectivity index is 1.86. The van der Waals surface area contributed by atoms with E-state index < -0.39 is 5.97 Å². The molecule has 1 amide bonds. The molecular formula is C13H16N2O3. The lowest BCUT2D eigenvalue weighted by atomic mass is 10.1. The van der Waals surface area contributed by atoms with Gasteiger partial charge in [0.2, 0.25) is 5.91 Å². The molecular weight excluding hydrogens is 232 g/mol. The fourth-order valence-corrected chi connectivity index (χ4v) is 2.18. The quantitative estimate of drug-likeness (QED) is 0.848. The number of hydrogen-bond acceptors (Lipinski definition) is 3. The number of carbonyl (C=O) groups is 2. The van der Waals surface area contributed by atoms with Crippen LogP contribution in [0.4, 0.5) is 0 Å². The summed E-state index contributed by atoms with van der Waals surface area (Å²) in [5.74, 6) is -0.803. The van der Waals surface area contributed by atoms with Crippen molar-refractivity contribution < 1.29 is 14.7 Å². The summed E-state index contributed by atoms with van der Waals surface area (Å²) in [5, 5.41) is 11.6. The van der Waals surface area contributed by atoms with E-state index in [0.29, 0.717) is 6.54 Å². The van der Waals surface area contributed by atoms with Crippen LogP contribution >= 0.6 is 0 Å². The van der Waals surface area contributed by atoms with E-state index in [1.54, 1.807) is 6.07 Å². The molecule has 0 aliphatic heterocycles. The lowest BCUT2D eigenvalue weighted by molar-refractivity contribution is -0.124. The first-order valence-corrected chi connectivity index (χ1v) is 6.13. The van der Waals surface area contributed by atoms with Gasteiger partial charge >= 0.3 is 5.97 Å². The molecule has 1 fully saturated rings. The smallest absolute Gasteiger partial charge is 0.354 e. The molecule has 1 aromatic heterocycles. The minimum Gasteiger partial charge on any atom is -0.477 e. The summed E-state index contributed by atoms with van der Waals surface area (Å²) in [6.45, 7) is 0.405. The molecule has 2 rings (SSSR count). The van der Waals surface area contributed by atoms with Gasteiger partial charge in [-0.05, 0) is 24.5 Å². The number of pyridine rings is 1. The second-order valence-corrected chi connectivity index (χ2v) is 4.56. The maximum atomic E-state index is 11.8. The van der Waals surface area contributed by atoms with Crippen molar-refractivity contribution in [2.24, 2.45) is 5.92 Å². The molecule has 96 valence electrons. The van der Waals surface area contributed by atoms with Crippen LogP contribution < -0.4 is 5.32 Å². The number of amides is 1. The fourth-order valence-electron chi connectivity index (χ4n) is 2.18. The van der Waals surface area contributed by atoms with E-state index >= 15 is 0 Å². The molecule has 1 aliphatic carbocycles. The van der Waals surface area contributed by atoms with E-state index in [4.69, 9.17) is 5.11 Å². The zero-order valence-electron chi connectivity index (χ0n) is 10.1. The van der Waals surface area contributed by atoms with Crippen LogP contribution in [0.3, 0.4) is 0 Å². The van der Waals surface area contributed by atoms with Crippen LogP contribution in [0.5, 0.6) is 0 Å². The summed E-state index contributed by atoms with van der Waals surface area (Å²) in [4.78, 5) is 26.2. The van der Waals surface area contributed by atoms with Crippen molar-refractivity contribution in [3.63, 3.8) is 0 Å². The van der Waals surface area contributed by atoms with Crippen molar-refractivity contribution in [1.82, 2.24) is 10.3 Å². The van der Waals surface area contributed by atoms with Gasteiger partial charge in [0, 0.05) is 18.7 Å². The first-order valence-electron chi connectivity index (χ1n) is 6.13. The molecule has 18 heavy (non-hydrogen) atoms. The third kappa shape index (κ3) is 3.06. The Labute approximate surface area is 105 Å². The van der Waals surface area contributed by atoms with Crippen molar-refractivity contribution in [3.8, 4) is 0 Å². The van der Waals surface area contributed by atoms with E-state index in [1.165, 1.54) is 12.3 Å². The average molecular weight is 248 g/mol. The molecule has 0 bridgehead atoms. The van der Waals surface area contributed by atoms with Crippen molar-refractivity contribution in [2.75, 3.05) is 0 Å². The molecule has 0 spiro atoms. The van der Waals surface area contributed by atoms with Gasteiger partial charge in [0.25, 0.3) is 0 Å². The molecule has 1 aromatic rings. The Bertz CT molecular complexity index is 436. The highest BCUT2D eigenvalue weighted by atomic mass is 16.4. The molecule has 1 aliphatic rings. The molecule has 1 saturated carbocycles. The van der Waals surface area contributed by atoms with Gasteiger partial charge in [-0.3, -0.25) is 4.79 Å². The van der Waals surface area contributed by atoms with E-state index in [-0.39, 0.29) is 17.5 Å². The number of hydrogen-bond donors (Lipinski definition) is 2. The molecule has 2 N–H and O–H groups in total. The zero-order chi connectivity index (χ0) is 13.0. The fraction of sp³-hybridized carbons (Fsp3) is 0.462. The second-order valence-electron chi connectivity index (χ2n) is 4.56. The van der Waals surface area contributed by atoms with Gasteiger partial charge in [0.15, 0.2) is 0 Å². The highest BCUT2D eigenvalue weighted by molar-refractivity contribution is 5.85. The predicted octanol–water partition coefficient (Wildman–Crippen LogP) is 1.59. The van der Waals surface area contributed by atoms with Crippen LogP contribution in [0.1, 0.15) is 41.7 Å². The van der Waals surface area contributed by atoms with Gasteiger partial charge in [0.1, 0.15) is 5.69 Å². The van der Waals surface area contributed by atoms with E-state index in [9.17, 15) is 9.59 Å². The minimum absolute atomic E-state index is 0.0147. The Morgan fingerprint density at radius 3 is 2.61 bits per heavy atom. The van der Waals surface area contributed by atoms with Gasteiger partial charge in [-0.15, -0.1) is 0 Å². The average Bonchev–Trinajstić information content (AvgIpc) is 2.90. The number of nitrogens with one attached hydrogen (secondary N) is 1. The summed E-state index contributed by atoms with van der Waals surface area (Å²) in [7, 11) is 0. The van der Waals surface area contributed by atoms with Crippen LogP contribution in [-0.2, 0) is 11.3 Å². The molecule has 0 aromatic carbocycles. The normalized spacial score (nSPS) is 15.6. The van der Waals surface area contributed by atoms with Crippen LogP contribution in [0.25, 0.3) is 0 Å². The summed E-state index contributed by atoms with van der Waals surface area (Å²) in [6, 6.07) is 3.12. The summed E-state index contributed by atoms with van der Waals surface area (Å²) < 4.78 is 0. The maximum absolute atomic E-state index is 11.8. The Morgan fingerprint density at radius 2 is 2.06 bits per heavy atom. The molecule has 5 heteroatoms. The van der Waals surface area contributed by atoms with Crippen molar-refractivity contribution in [3.05, 3.63) is 29.6 Å². The monoisotopic (exact) mass is 248 g/mol. The Kier molecular flexibility index (Phi) is 3.92. The summed E-state index contributed by atoms with van der Waals surface area (Å²) >= 11 is 0. The Morgan fingerprint density at radius 1 is 1.33 bits per heavy atom. The lowest BCUT2D eigenvalue weighted by Gasteiger charge is -2.10. The Hall–Kier alpha value is -1.91. The number of aromatic carboxylic acids is 1. The number of carbonyl (C=O) groups excluding carboxylic acids is 1. The maximum Gasteiger partial charge on any atom is 0.354 e. The summed E-state index contributed by atoms with van der Waals surface area (Å²) in [5.41, 5.74) is 0.826. The molecule has 0 saturated heterocycles. The first kappa shape index (κ1) is 12.5. The van der Waals surface area contributed by atoms with Crippen LogP contribution in [0.15, 0.2) is 18.3 Å². The van der Waals surface area contributed by atoms with Gasteiger partial charge in [-0.25, -0.2) is 9.78 Å². The second kappa shape index (κ2) is 5.62. The minimum atomic E-state index is -1.04. The van der Waals surface area contributed by atoms with Crippen molar-refractivity contribution >= 4 is 11.9 Å². The van der Waals surface area contributed by atoms with Gasteiger partial charge in [-0.1, -0.05) is 18.9 Å². The third-order valence-corrected chi connectivity index (χ3v) is 3.24. The van der Waals surface area contributed by atoms with Crippen molar-refractivity contribution in [1.29, 1.82) is 0 Å². The first-order chi connectivity index (χ1) is 8.66. The lowest BCUT2D eigenvalue weighted by Crippen LogP contribution is -2.28. The molecule has 5 nitrogen and oxygen atoms in total. The highest BCUT2D eigenvalue weighted by Gasteiger charge is 2.22. The van der Waals surface area contributed by atoms with E-state index in [0.717, 1.165) is 31.2 Å². The number of carboxylic acids is 1. The van der Waals surface area contributed by atoms with Gasteiger partial charge in [0.05, 0.1) is 0 Å². The molecule has 0 atom stereocenters. The largest absolute Gasteiger partial charge is 0.477 e. The van der Waals surface area contributed by atoms with E-state index in [1.807, 2.05) is 0 Å². The van der Waals surface area contributed by atoms with Crippen molar-refractivity contribution in [2.45, 2.75) is 32.2 Å².